The standard InChI is InChI=1S/C19H15NO6/c21-16(7-4-13-2-1-3-15(10-13)20(25)26)12-17(22)8-5-14-6-9-18(23)19(24)11-14/h1-11,23-24H,12H2/b7-4+,8-5+. The highest BCUT2D eigenvalue weighted by Gasteiger charge is 2.06. The van der Waals surface area contributed by atoms with E-state index in [-0.39, 0.29) is 23.6 Å². The third-order valence-corrected chi connectivity index (χ3v) is 3.35. The van der Waals surface area contributed by atoms with Crippen LogP contribution in [-0.4, -0.2) is 26.7 Å². The molecule has 0 saturated carbocycles. The van der Waals surface area contributed by atoms with Crippen LogP contribution in [0.3, 0.4) is 0 Å². The van der Waals surface area contributed by atoms with Gasteiger partial charge in [0.05, 0.1) is 11.3 Å². The maximum Gasteiger partial charge on any atom is 0.270 e. The van der Waals surface area contributed by atoms with Gasteiger partial charge < -0.3 is 10.2 Å². The van der Waals surface area contributed by atoms with Gasteiger partial charge in [0.15, 0.2) is 23.1 Å². The molecule has 0 saturated heterocycles. The highest BCUT2D eigenvalue weighted by Crippen LogP contribution is 2.25. The fraction of sp³-hybridized carbons (Fsp3) is 0.0526. The van der Waals surface area contributed by atoms with Crippen LogP contribution in [-0.2, 0) is 9.59 Å². The van der Waals surface area contributed by atoms with E-state index >= 15 is 0 Å². The quantitative estimate of drug-likeness (QED) is 0.259. The minimum atomic E-state index is -0.533. The van der Waals surface area contributed by atoms with Gasteiger partial charge in [-0.1, -0.05) is 30.4 Å². The minimum absolute atomic E-state index is 0.0873. The number of ketones is 2. The number of hydrogen-bond donors (Lipinski definition) is 2. The Balaban J connectivity index is 1.95. The van der Waals surface area contributed by atoms with Crippen LogP contribution in [0.1, 0.15) is 17.5 Å². The average molecular weight is 353 g/mol. The summed E-state index contributed by atoms with van der Waals surface area (Å²) in [5.41, 5.74) is 0.888. The van der Waals surface area contributed by atoms with E-state index in [9.17, 15) is 29.9 Å². The molecule has 0 fully saturated rings. The number of rotatable bonds is 7. The van der Waals surface area contributed by atoms with E-state index in [1.165, 1.54) is 60.7 Å². The van der Waals surface area contributed by atoms with Crippen LogP contribution in [0.4, 0.5) is 5.69 Å². The van der Waals surface area contributed by atoms with Crippen molar-refractivity contribution in [1.29, 1.82) is 0 Å². The number of non-ortho nitro benzene ring substituents is 1. The van der Waals surface area contributed by atoms with Crippen LogP contribution in [0.25, 0.3) is 12.2 Å². The molecular weight excluding hydrogens is 338 g/mol. The van der Waals surface area contributed by atoms with Crippen molar-refractivity contribution in [2.75, 3.05) is 0 Å². The van der Waals surface area contributed by atoms with Crippen molar-refractivity contribution < 1.29 is 24.7 Å². The summed E-state index contributed by atoms with van der Waals surface area (Å²) in [6, 6.07) is 9.84. The lowest BCUT2D eigenvalue weighted by molar-refractivity contribution is -0.384. The second kappa shape index (κ2) is 8.39. The first-order valence-corrected chi connectivity index (χ1v) is 7.53. The lowest BCUT2D eigenvalue weighted by Crippen LogP contribution is -2.01. The summed E-state index contributed by atoms with van der Waals surface area (Å²) in [5.74, 6) is -1.46. The largest absolute Gasteiger partial charge is 0.504 e. The Labute approximate surface area is 148 Å². The fourth-order valence-corrected chi connectivity index (χ4v) is 2.05. The highest BCUT2D eigenvalue weighted by atomic mass is 16.6. The van der Waals surface area contributed by atoms with E-state index in [1.807, 2.05) is 0 Å². The van der Waals surface area contributed by atoms with Gasteiger partial charge >= 0.3 is 0 Å². The summed E-state index contributed by atoms with van der Waals surface area (Å²) < 4.78 is 0. The van der Waals surface area contributed by atoms with Crippen LogP contribution in [0.5, 0.6) is 11.5 Å². The number of aromatic hydroxyl groups is 2. The van der Waals surface area contributed by atoms with Crippen LogP contribution in [0, 0.1) is 10.1 Å². The molecule has 0 bridgehead atoms. The molecule has 0 aliphatic rings. The molecule has 0 spiro atoms. The maximum absolute atomic E-state index is 11.8. The van der Waals surface area contributed by atoms with E-state index in [0.29, 0.717) is 11.1 Å². The minimum Gasteiger partial charge on any atom is -0.504 e. The van der Waals surface area contributed by atoms with Gasteiger partial charge in [-0.2, -0.15) is 0 Å². The summed E-state index contributed by atoms with van der Waals surface area (Å²) in [5, 5.41) is 29.3. The van der Waals surface area contributed by atoms with Crippen LogP contribution < -0.4 is 0 Å². The topological polar surface area (TPSA) is 118 Å². The predicted molar refractivity (Wildman–Crippen MR) is 95.6 cm³/mol. The molecule has 0 aliphatic carbocycles. The number of hydrogen-bond acceptors (Lipinski definition) is 6. The highest BCUT2D eigenvalue weighted by molar-refractivity contribution is 6.10. The zero-order valence-corrected chi connectivity index (χ0v) is 13.5. The fourth-order valence-electron chi connectivity index (χ4n) is 2.05. The van der Waals surface area contributed by atoms with Crippen molar-refractivity contribution in [2.45, 2.75) is 6.42 Å². The lowest BCUT2D eigenvalue weighted by Gasteiger charge is -1.98. The first-order valence-electron chi connectivity index (χ1n) is 7.53. The number of carbonyl (C=O) groups excluding carboxylic acids is 2. The van der Waals surface area contributed by atoms with Gasteiger partial charge in [-0.15, -0.1) is 0 Å². The molecule has 0 atom stereocenters. The summed E-state index contributed by atoms with van der Waals surface area (Å²) in [7, 11) is 0. The smallest absolute Gasteiger partial charge is 0.270 e. The zero-order valence-electron chi connectivity index (χ0n) is 13.5. The van der Waals surface area contributed by atoms with Crippen LogP contribution >= 0.6 is 0 Å². The number of nitro groups is 1. The zero-order chi connectivity index (χ0) is 19.1. The molecule has 0 aromatic heterocycles. The summed E-state index contributed by atoms with van der Waals surface area (Å²) in [6.45, 7) is 0. The number of carbonyl (C=O) groups is 2. The molecule has 7 heteroatoms. The molecule has 2 N–H and O–H groups in total. The first kappa shape index (κ1) is 18.6. The third-order valence-electron chi connectivity index (χ3n) is 3.35. The van der Waals surface area contributed by atoms with Gasteiger partial charge in [0.2, 0.25) is 0 Å². The van der Waals surface area contributed by atoms with Crippen molar-refractivity contribution in [1.82, 2.24) is 0 Å². The van der Waals surface area contributed by atoms with Gasteiger partial charge in [-0.05, 0) is 35.4 Å². The molecule has 7 nitrogen and oxygen atoms in total. The Hall–Kier alpha value is -3.74. The van der Waals surface area contributed by atoms with E-state index in [0.717, 1.165) is 0 Å². The van der Waals surface area contributed by atoms with Crippen molar-refractivity contribution in [3.05, 3.63) is 75.9 Å². The van der Waals surface area contributed by atoms with Gasteiger partial charge in [0.1, 0.15) is 0 Å². The van der Waals surface area contributed by atoms with Gasteiger partial charge in [0, 0.05) is 12.1 Å². The summed E-state index contributed by atoms with van der Waals surface area (Å²) >= 11 is 0. The molecule has 26 heavy (non-hydrogen) atoms. The van der Waals surface area contributed by atoms with E-state index in [4.69, 9.17) is 0 Å². The van der Waals surface area contributed by atoms with E-state index in [1.54, 1.807) is 6.07 Å². The Morgan fingerprint density at radius 2 is 1.54 bits per heavy atom. The Morgan fingerprint density at radius 1 is 0.923 bits per heavy atom. The Bertz CT molecular complexity index is 914. The number of nitrogens with zero attached hydrogens (tertiary/aromatic N) is 1. The molecule has 0 aliphatic heterocycles. The van der Waals surface area contributed by atoms with Crippen molar-refractivity contribution in [2.24, 2.45) is 0 Å². The number of nitro benzene ring substituents is 1. The molecule has 0 unspecified atom stereocenters. The third kappa shape index (κ3) is 5.41. The first-order chi connectivity index (χ1) is 12.3. The molecule has 0 amide bonds. The average Bonchev–Trinajstić information content (AvgIpc) is 2.61. The molecule has 2 aromatic carbocycles. The summed E-state index contributed by atoms with van der Waals surface area (Å²) in [4.78, 5) is 33.8. The number of benzene rings is 2. The molecule has 2 rings (SSSR count). The van der Waals surface area contributed by atoms with E-state index in [2.05, 4.69) is 0 Å². The number of phenolic OH excluding ortho intramolecular Hbond substituents is 2. The molecule has 0 radical (unpaired) electrons. The van der Waals surface area contributed by atoms with Gasteiger partial charge in [-0.3, -0.25) is 19.7 Å². The Kier molecular flexibility index (Phi) is 6.00. The van der Waals surface area contributed by atoms with E-state index < -0.39 is 16.5 Å². The van der Waals surface area contributed by atoms with Crippen molar-refractivity contribution in [3.8, 4) is 11.5 Å². The number of allylic oxidation sites excluding steroid dienone is 2. The second-order valence-corrected chi connectivity index (χ2v) is 5.38. The normalized spacial score (nSPS) is 11.1. The van der Waals surface area contributed by atoms with Crippen LogP contribution in [0.2, 0.25) is 0 Å². The van der Waals surface area contributed by atoms with Crippen molar-refractivity contribution >= 4 is 29.4 Å². The summed E-state index contributed by atoms with van der Waals surface area (Å²) in [6.07, 6.45) is 4.86. The lowest BCUT2D eigenvalue weighted by atomic mass is 10.1. The maximum atomic E-state index is 11.8. The molecule has 132 valence electrons. The van der Waals surface area contributed by atoms with Gasteiger partial charge in [0.25, 0.3) is 5.69 Å². The monoisotopic (exact) mass is 353 g/mol. The molecule has 0 heterocycles. The van der Waals surface area contributed by atoms with Crippen LogP contribution in [0.15, 0.2) is 54.6 Å². The van der Waals surface area contributed by atoms with Gasteiger partial charge in [-0.25, -0.2) is 0 Å². The predicted octanol–water partition coefficient (Wildman–Crippen LogP) is 3.26. The SMILES string of the molecule is O=C(/C=C/c1cccc([N+](=O)[O-])c1)CC(=O)/C=C/c1ccc(O)c(O)c1. The molecular formula is C19H15NO6. The molecule has 2 aromatic rings. The Morgan fingerprint density at radius 3 is 2.12 bits per heavy atom. The number of phenols is 2. The second-order valence-electron chi connectivity index (χ2n) is 5.38. The van der Waals surface area contributed by atoms with Crippen molar-refractivity contribution in [3.63, 3.8) is 0 Å².